The second-order valence-electron chi connectivity index (χ2n) is 8.74. The highest BCUT2D eigenvalue weighted by Crippen LogP contribution is 2.23. The highest BCUT2D eigenvalue weighted by Gasteiger charge is 2.12. The number of nitrogens with zero attached hydrogens (tertiary/aromatic N) is 2. The van der Waals surface area contributed by atoms with Crippen molar-refractivity contribution in [2.45, 2.75) is 20.0 Å². The minimum absolute atomic E-state index is 0.0774. The molecule has 0 aromatic heterocycles. The quantitative estimate of drug-likeness (QED) is 0.569. The third-order valence-corrected chi connectivity index (χ3v) is 6.22. The predicted molar refractivity (Wildman–Crippen MR) is 137 cm³/mol. The van der Waals surface area contributed by atoms with E-state index in [9.17, 15) is 9.59 Å². The van der Waals surface area contributed by atoms with Crippen LogP contribution in [0.25, 0.3) is 11.1 Å². The number of benzene rings is 3. The van der Waals surface area contributed by atoms with E-state index in [0.717, 1.165) is 43.9 Å². The molecule has 34 heavy (non-hydrogen) atoms. The Bertz CT molecular complexity index is 1150. The van der Waals surface area contributed by atoms with Crippen molar-refractivity contribution in [3.8, 4) is 11.1 Å². The maximum Gasteiger partial charge on any atom is 0.251 e. The Kier molecular flexibility index (Phi) is 7.72. The molecular formula is C28H32N4O2. The standard InChI is InChI=1S/C28H32N4O2/c1-21(33)31(2)27-11-5-10-26(18-27)28(34)30-19-22-6-3-8-24(16-22)25-9-4-7-23(17-25)20-32-14-12-29-13-15-32/h3-11,16-18,29H,12-15,19-20H2,1-2H3,(H,30,34). The van der Waals surface area contributed by atoms with Crippen LogP contribution < -0.4 is 15.5 Å². The molecule has 6 nitrogen and oxygen atoms in total. The van der Waals surface area contributed by atoms with Gasteiger partial charge < -0.3 is 15.5 Å². The zero-order valence-corrected chi connectivity index (χ0v) is 19.9. The minimum Gasteiger partial charge on any atom is -0.348 e. The van der Waals surface area contributed by atoms with Crippen molar-refractivity contribution >= 4 is 17.5 Å². The van der Waals surface area contributed by atoms with Crippen molar-refractivity contribution < 1.29 is 9.59 Å². The summed E-state index contributed by atoms with van der Waals surface area (Å²) in [6, 6.07) is 24.1. The van der Waals surface area contributed by atoms with E-state index in [-0.39, 0.29) is 11.8 Å². The van der Waals surface area contributed by atoms with Gasteiger partial charge in [-0.15, -0.1) is 0 Å². The summed E-state index contributed by atoms with van der Waals surface area (Å²) in [6.45, 7) is 7.14. The normalized spacial score (nSPS) is 13.9. The van der Waals surface area contributed by atoms with E-state index in [1.54, 1.807) is 25.2 Å². The number of anilines is 1. The first-order valence-corrected chi connectivity index (χ1v) is 11.7. The molecule has 1 aliphatic heterocycles. The number of hydrogen-bond acceptors (Lipinski definition) is 4. The first-order valence-electron chi connectivity index (χ1n) is 11.7. The number of amides is 2. The zero-order chi connectivity index (χ0) is 23.9. The molecule has 6 heteroatoms. The molecule has 0 radical (unpaired) electrons. The van der Waals surface area contributed by atoms with Gasteiger partial charge in [0.2, 0.25) is 5.91 Å². The molecule has 1 saturated heterocycles. The predicted octanol–water partition coefficient (Wildman–Crippen LogP) is 3.67. The van der Waals surface area contributed by atoms with Crippen LogP contribution >= 0.6 is 0 Å². The molecule has 0 saturated carbocycles. The van der Waals surface area contributed by atoms with Crippen LogP contribution in [-0.2, 0) is 17.9 Å². The maximum atomic E-state index is 12.7. The fourth-order valence-corrected chi connectivity index (χ4v) is 4.16. The lowest BCUT2D eigenvalue weighted by Crippen LogP contribution is -2.42. The van der Waals surface area contributed by atoms with Gasteiger partial charge in [0.05, 0.1) is 0 Å². The van der Waals surface area contributed by atoms with Crippen LogP contribution in [0.4, 0.5) is 5.69 Å². The summed E-state index contributed by atoms with van der Waals surface area (Å²) >= 11 is 0. The number of hydrogen-bond donors (Lipinski definition) is 2. The first kappa shape index (κ1) is 23.7. The Balaban J connectivity index is 1.41. The molecule has 3 aromatic rings. The van der Waals surface area contributed by atoms with Crippen molar-refractivity contribution in [3.63, 3.8) is 0 Å². The molecule has 0 unspecified atom stereocenters. The summed E-state index contributed by atoms with van der Waals surface area (Å²) in [7, 11) is 1.70. The van der Waals surface area contributed by atoms with Gasteiger partial charge >= 0.3 is 0 Å². The number of piperazine rings is 1. The minimum atomic E-state index is -0.165. The van der Waals surface area contributed by atoms with Crippen molar-refractivity contribution in [1.82, 2.24) is 15.5 Å². The number of nitrogens with one attached hydrogen (secondary N) is 2. The molecule has 0 bridgehead atoms. The van der Waals surface area contributed by atoms with Crippen LogP contribution in [0.2, 0.25) is 0 Å². The van der Waals surface area contributed by atoms with Crippen molar-refractivity contribution in [1.29, 1.82) is 0 Å². The highest BCUT2D eigenvalue weighted by atomic mass is 16.2. The lowest BCUT2D eigenvalue weighted by molar-refractivity contribution is -0.116. The molecular weight excluding hydrogens is 424 g/mol. The van der Waals surface area contributed by atoms with Crippen LogP contribution in [0.15, 0.2) is 72.8 Å². The van der Waals surface area contributed by atoms with Crippen LogP contribution in [0.5, 0.6) is 0 Å². The Labute approximate surface area is 201 Å². The Morgan fingerprint density at radius 3 is 2.26 bits per heavy atom. The highest BCUT2D eigenvalue weighted by molar-refractivity contribution is 5.97. The molecule has 1 fully saturated rings. The van der Waals surface area contributed by atoms with Gasteiger partial charge in [-0.25, -0.2) is 0 Å². The molecule has 1 heterocycles. The van der Waals surface area contributed by atoms with E-state index in [1.807, 2.05) is 18.2 Å². The third kappa shape index (κ3) is 6.10. The van der Waals surface area contributed by atoms with Crippen LogP contribution in [0.3, 0.4) is 0 Å². The molecule has 3 aromatic carbocycles. The van der Waals surface area contributed by atoms with E-state index < -0.39 is 0 Å². The smallest absolute Gasteiger partial charge is 0.251 e. The summed E-state index contributed by atoms with van der Waals surface area (Å²) in [6.07, 6.45) is 0. The number of carbonyl (C=O) groups is 2. The number of rotatable bonds is 7. The average molecular weight is 457 g/mol. The molecule has 0 spiro atoms. The largest absolute Gasteiger partial charge is 0.348 e. The lowest BCUT2D eigenvalue weighted by Gasteiger charge is -2.27. The maximum absolute atomic E-state index is 12.7. The first-order chi connectivity index (χ1) is 16.5. The van der Waals surface area contributed by atoms with E-state index in [4.69, 9.17) is 0 Å². The molecule has 1 aliphatic rings. The van der Waals surface area contributed by atoms with Gasteiger partial charge in [-0.2, -0.15) is 0 Å². The summed E-state index contributed by atoms with van der Waals surface area (Å²) in [5.41, 5.74) is 5.90. The Morgan fingerprint density at radius 2 is 1.56 bits per heavy atom. The fourth-order valence-electron chi connectivity index (χ4n) is 4.16. The number of carbonyl (C=O) groups excluding carboxylic acids is 2. The van der Waals surface area contributed by atoms with E-state index in [2.05, 4.69) is 51.9 Å². The molecule has 0 atom stereocenters. The third-order valence-electron chi connectivity index (χ3n) is 6.22. The molecule has 4 rings (SSSR count). The SMILES string of the molecule is CC(=O)N(C)c1cccc(C(=O)NCc2cccc(-c3cccc(CN4CCNCC4)c3)c2)c1. The van der Waals surface area contributed by atoms with E-state index in [1.165, 1.54) is 23.0 Å². The zero-order valence-electron chi connectivity index (χ0n) is 19.9. The van der Waals surface area contributed by atoms with Crippen molar-refractivity contribution in [2.75, 3.05) is 38.1 Å². The van der Waals surface area contributed by atoms with Gasteiger partial charge in [0.15, 0.2) is 0 Å². The van der Waals surface area contributed by atoms with Crippen LogP contribution in [0.1, 0.15) is 28.4 Å². The Hall–Kier alpha value is -3.48. The second kappa shape index (κ2) is 11.1. The topological polar surface area (TPSA) is 64.7 Å². The van der Waals surface area contributed by atoms with Crippen LogP contribution in [-0.4, -0.2) is 49.9 Å². The average Bonchev–Trinajstić information content (AvgIpc) is 2.88. The molecule has 176 valence electrons. The molecule has 2 amide bonds. The van der Waals surface area contributed by atoms with E-state index >= 15 is 0 Å². The molecule has 2 N–H and O–H groups in total. The summed E-state index contributed by atoms with van der Waals surface area (Å²) in [5.74, 6) is -0.242. The summed E-state index contributed by atoms with van der Waals surface area (Å²) in [4.78, 5) is 28.4. The van der Waals surface area contributed by atoms with Gasteiger partial charge in [0, 0.05) is 64.5 Å². The summed E-state index contributed by atoms with van der Waals surface area (Å²) in [5, 5.41) is 6.40. The van der Waals surface area contributed by atoms with Crippen molar-refractivity contribution in [2.24, 2.45) is 0 Å². The molecule has 0 aliphatic carbocycles. The van der Waals surface area contributed by atoms with E-state index in [0.29, 0.717) is 17.8 Å². The monoisotopic (exact) mass is 456 g/mol. The van der Waals surface area contributed by atoms with Gasteiger partial charge in [-0.1, -0.05) is 42.5 Å². The van der Waals surface area contributed by atoms with Crippen LogP contribution in [0, 0.1) is 0 Å². The van der Waals surface area contributed by atoms with Gasteiger partial charge in [0.1, 0.15) is 0 Å². The van der Waals surface area contributed by atoms with Gasteiger partial charge in [0.25, 0.3) is 5.91 Å². The van der Waals surface area contributed by atoms with Gasteiger partial charge in [-0.05, 0) is 52.6 Å². The fraction of sp³-hybridized carbons (Fsp3) is 0.286. The van der Waals surface area contributed by atoms with Gasteiger partial charge in [-0.3, -0.25) is 14.5 Å². The summed E-state index contributed by atoms with van der Waals surface area (Å²) < 4.78 is 0. The van der Waals surface area contributed by atoms with Crippen molar-refractivity contribution in [3.05, 3.63) is 89.5 Å². The Morgan fingerprint density at radius 1 is 0.912 bits per heavy atom. The second-order valence-corrected chi connectivity index (χ2v) is 8.74. The lowest BCUT2D eigenvalue weighted by atomic mass is 10.0.